The van der Waals surface area contributed by atoms with Crippen LogP contribution in [0.15, 0.2) is 54.6 Å². The van der Waals surface area contributed by atoms with Crippen molar-refractivity contribution in [3.8, 4) is 11.3 Å². The summed E-state index contributed by atoms with van der Waals surface area (Å²) in [5.74, 6) is 0. The monoisotopic (exact) mass is 250 g/mol. The van der Waals surface area contributed by atoms with Gasteiger partial charge < -0.3 is 10.3 Å². The predicted molar refractivity (Wildman–Crippen MR) is 82.1 cm³/mol. The van der Waals surface area contributed by atoms with E-state index in [0.29, 0.717) is 0 Å². The van der Waals surface area contributed by atoms with Crippen LogP contribution in [0.1, 0.15) is 13.3 Å². The second-order valence-electron chi connectivity index (χ2n) is 4.80. The van der Waals surface area contributed by atoms with Crippen LogP contribution in [-0.2, 0) is 6.54 Å². The molecule has 2 nitrogen and oxygen atoms in total. The van der Waals surface area contributed by atoms with Gasteiger partial charge >= 0.3 is 0 Å². The minimum absolute atomic E-state index is 0.884. The molecule has 1 heterocycles. The molecular formula is C17H18N2. The predicted octanol–water partition coefficient (Wildman–Crippen LogP) is 4.30. The Kier molecular flexibility index (Phi) is 3.00. The van der Waals surface area contributed by atoms with Crippen LogP contribution in [-0.4, -0.2) is 4.57 Å². The fraction of sp³-hybridized carbons (Fsp3) is 0.176. The standard InChI is InChI=1S/C17H18N2/c1-2-12-19-15-11-7-6-10-14(15)16(18)17(19)13-8-4-3-5-9-13/h3-11H,2,12,18H2,1H3. The van der Waals surface area contributed by atoms with Crippen LogP contribution in [0.25, 0.3) is 22.2 Å². The van der Waals surface area contributed by atoms with E-state index < -0.39 is 0 Å². The van der Waals surface area contributed by atoms with E-state index in [1.165, 1.54) is 11.1 Å². The van der Waals surface area contributed by atoms with Crippen LogP contribution >= 0.6 is 0 Å². The Bertz CT molecular complexity index is 696. The van der Waals surface area contributed by atoms with Gasteiger partial charge in [0.15, 0.2) is 0 Å². The van der Waals surface area contributed by atoms with E-state index in [0.717, 1.165) is 29.7 Å². The van der Waals surface area contributed by atoms with Crippen molar-refractivity contribution >= 4 is 16.6 Å². The third-order valence-electron chi connectivity index (χ3n) is 3.50. The summed E-state index contributed by atoms with van der Waals surface area (Å²) in [6.45, 7) is 3.18. The summed E-state index contributed by atoms with van der Waals surface area (Å²) in [5, 5.41) is 1.15. The molecule has 3 aromatic rings. The van der Waals surface area contributed by atoms with Crippen LogP contribution in [0, 0.1) is 0 Å². The number of hydrogen-bond acceptors (Lipinski definition) is 1. The molecule has 0 atom stereocenters. The van der Waals surface area contributed by atoms with E-state index in [9.17, 15) is 0 Å². The van der Waals surface area contributed by atoms with Crippen molar-refractivity contribution in [1.82, 2.24) is 4.57 Å². The lowest BCUT2D eigenvalue weighted by atomic mass is 10.1. The van der Waals surface area contributed by atoms with E-state index in [2.05, 4.69) is 54.0 Å². The van der Waals surface area contributed by atoms with Crippen molar-refractivity contribution in [3.63, 3.8) is 0 Å². The maximum atomic E-state index is 6.38. The van der Waals surface area contributed by atoms with Crippen molar-refractivity contribution in [2.45, 2.75) is 19.9 Å². The molecule has 0 unspecified atom stereocenters. The topological polar surface area (TPSA) is 30.9 Å². The molecule has 0 fully saturated rings. The fourth-order valence-electron chi connectivity index (χ4n) is 2.69. The number of para-hydroxylation sites is 1. The Hall–Kier alpha value is -2.22. The summed E-state index contributed by atoms with van der Waals surface area (Å²) < 4.78 is 2.33. The highest BCUT2D eigenvalue weighted by Crippen LogP contribution is 2.35. The molecule has 2 aromatic carbocycles. The van der Waals surface area contributed by atoms with Crippen LogP contribution in [0.5, 0.6) is 0 Å². The van der Waals surface area contributed by atoms with E-state index in [-0.39, 0.29) is 0 Å². The lowest BCUT2D eigenvalue weighted by Gasteiger charge is -2.10. The van der Waals surface area contributed by atoms with Crippen molar-refractivity contribution in [1.29, 1.82) is 0 Å². The van der Waals surface area contributed by atoms with Gasteiger partial charge in [-0.15, -0.1) is 0 Å². The SMILES string of the molecule is CCCn1c(-c2ccccc2)c(N)c2ccccc21. The maximum absolute atomic E-state index is 6.38. The molecule has 0 saturated heterocycles. The molecule has 0 aliphatic rings. The fourth-order valence-corrected chi connectivity index (χ4v) is 2.69. The third-order valence-corrected chi connectivity index (χ3v) is 3.50. The molecule has 2 N–H and O–H groups in total. The molecule has 0 aliphatic carbocycles. The van der Waals surface area contributed by atoms with Gasteiger partial charge in [-0.25, -0.2) is 0 Å². The van der Waals surface area contributed by atoms with E-state index >= 15 is 0 Å². The molecule has 0 bridgehead atoms. The Morgan fingerprint density at radius 3 is 2.37 bits per heavy atom. The Morgan fingerprint density at radius 1 is 0.947 bits per heavy atom. The van der Waals surface area contributed by atoms with Crippen molar-refractivity contribution < 1.29 is 0 Å². The lowest BCUT2D eigenvalue weighted by molar-refractivity contribution is 0.710. The van der Waals surface area contributed by atoms with Gasteiger partial charge in [0.25, 0.3) is 0 Å². The molecule has 0 saturated carbocycles. The highest BCUT2D eigenvalue weighted by Gasteiger charge is 2.15. The second kappa shape index (κ2) is 4.81. The molecule has 96 valence electrons. The molecule has 0 amide bonds. The molecule has 0 spiro atoms. The van der Waals surface area contributed by atoms with Crippen molar-refractivity contribution in [3.05, 3.63) is 54.6 Å². The van der Waals surface area contributed by atoms with Gasteiger partial charge in [0.2, 0.25) is 0 Å². The van der Waals surface area contributed by atoms with Crippen LogP contribution in [0.3, 0.4) is 0 Å². The van der Waals surface area contributed by atoms with Gasteiger partial charge in [-0.3, -0.25) is 0 Å². The summed E-state index contributed by atoms with van der Waals surface area (Å²) >= 11 is 0. The summed E-state index contributed by atoms with van der Waals surface area (Å²) in [4.78, 5) is 0. The molecular weight excluding hydrogens is 232 g/mol. The number of aromatic nitrogens is 1. The number of nitrogen functional groups attached to an aromatic ring is 1. The Labute approximate surface area is 113 Å². The largest absolute Gasteiger partial charge is 0.396 e. The number of aryl methyl sites for hydroxylation is 1. The zero-order valence-corrected chi connectivity index (χ0v) is 11.1. The van der Waals surface area contributed by atoms with Gasteiger partial charge in [-0.05, 0) is 12.5 Å². The number of nitrogens with zero attached hydrogens (tertiary/aromatic N) is 1. The second-order valence-corrected chi connectivity index (χ2v) is 4.80. The Balaban J connectivity index is 2.34. The van der Waals surface area contributed by atoms with Gasteiger partial charge in [-0.1, -0.05) is 55.5 Å². The van der Waals surface area contributed by atoms with Gasteiger partial charge in [-0.2, -0.15) is 0 Å². The number of nitrogens with two attached hydrogens (primary N) is 1. The number of rotatable bonds is 3. The van der Waals surface area contributed by atoms with E-state index in [1.807, 2.05) is 12.1 Å². The van der Waals surface area contributed by atoms with Gasteiger partial charge in [0, 0.05) is 17.5 Å². The molecule has 2 heteroatoms. The number of fused-ring (bicyclic) bond motifs is 1. The molecule has 19 heavy (non-hydrogen) atoms. The molecule has 0 aliphatic heterocycles. The van der Waals surface area contributed by atoms with Crippen molar-refractivity contribution in [2.24, 2.45) is 0 Å². The Morgan fingerprint density at radius 2 is 1.63 bits per heavy atom. The first-order valence-electron chi connectivity index (χ1n) is 6.75. The average Bonchev–Trinajstić information content (AvgIpc) is 2.74. The average molecular weight is 250 g/mol. The number of hydrogen-bond donors (Lipinski definition) is 1. The zero-order valence-electron chi connectivity index (χ0n) is 11.1. The summed E-state index contributed by atoms with van der Waals surface area (Å²) in [5.41, 5.74) is 10.8. The first-order chi connectivity index (χ1) is 9.33. The van der Waals surface area contributed by atoms with Crippen LogP contribution in [0.4, 0.5) is 5.69 Å². The number of benzene rings is 2. The normalized spacial score (nSPS) is 11.0. The van der Waals surface area contributed by atoms with E-state index in [1.54, 1.807) is 0 Å². The van der Waals surface area contributed by atoms with Crippen LogP contribution in [0.2, 0.25) is 0 Å². The summed E-state index contributed by atoms with van der Waals surface area (Å²) in [7, 11) is 0. The van der Waals surface area contributed by atoms with Crippen molar-refractivity contribution in [2.75, 3.05) is 5.73 Å². The summed E-state index contributed by atoms with van der Waals surface area (Å²) in [6.07, 6.45) is 1.10. The third kappa shape index (κ3) is 1.89. The quantitative estimate of drug-likeness (QED) is 0.738. The maximum Gasteiger partial charge on any atom is 0.0725 e. The molecule has 3 rings (SSSR count). The minimum atomic E-state index is 0.884. The minimum Gasteiger partial charge on any atom is -0.396 e. The lowest BCUT2D eigenvalue weighted by Crippen LogP contribution is -2.00. The zero-order chi connectivity index (χ0) is 13.2. The van der Waals surface area contributed by atoms with E-state index in [4.69, 9.17) is 5.73 Å². The number of anilines is 1. The molecule has 1 aromatic heterocycles. The summed E-state index contributed by atoms with van der Waals surface area (Å²) in [6, 6.07) is 18.8. The first-order valence-corrected chi connectivity index (χ1v) is 6.75. The van der Waals surface area contributed by atoms with Gasteiger partial charge in [0.05, 0.1) is 16.9 Å². The highest BCUT2D eigenvalue weighted by atomic mass is 15.0. The van der Waals surface area contributed by atoms with Gasteiger partial charge in [0.1, 0.15) is 0 Å². The molecule has 0 radical (unpaired) electrons. The first kappa shape index (κ1) is 11.8. The smallest absolute Gasteiger partial charge is 0.0725 e. The highest BCUT2D eigenvalue weighted by molar-refractivity contribution is 6.00. The van der Waals surface area contributed by atoms with Crippen LogP contribution < -0.4 is 5.73 Å².